The fraction of sp³-hybridized carbons (Fsp3) is 1.00. The van der Waals surface area contributed by atoms with Crippen LogP contribution in [0.4, 0.5) is 0 Å². The zero-order chi connectivity index (χ0) is 7.73. The molecule has 0 bridgehead atoms. The van der Waals surface area contributed by atoms with Crippen LogP contribution in [0.15, 0.2) is 0 Å². The second-order valence-electron chi connectivity index (χ2n) is 3.88. The van der Waals surface area contributed by atoms with Crippen molar-refractivity contribution >= 4 is 11.8 Å². The number of aliphatic hydroxyl groups excluding tert-OH is 1. The molecule has 1 saturated heterocycles. The molecule has 2 heteroatoms. The number of hydrogen-bond acceptors (Lipinski definition) is 2. The summed E-state index contributed by atoms with van der Waals surface area (Å²) in [5.41, 5.74) is 0.362. The van der Waals surface area contributed by atoms with Gasteiger partial charge in [-0.1, -0.05) is 6.42 Å². The highest BCUT2D eigenvalue weighted by Gasteiger charge is 2.44. The first-order valence-electron chi connectivity index (χ1n) is 4.60. The van der Waals surface area contributed by atoms with E-state index in [4.69, 9.17) is 0 Å². The first-order chi connectivity index (χ1) is 5.37. The van der Waals surface area contributed by atoms with Gasteiger partial charge in [-0.15, -0.1) is 0 Å². The summed E-state index contributed by atoms with van der Waals surface area (Å²) in [6, 6.07) is 0. The topological polar surface area (TPSA) is 20.2 Å². The van der Waals surface area contributed by atoms with Gasteiger partial charge in [-0.2, -0.15) is 11.8 Å². The van der Waals surface area contributed by atoms with E-state index in [1.54, 1.807) is 0 Å². The Kier molecular flexibility index (Phi) is 2.15. The smallest absolute Gasteiger partial charge is 0.0498 e. The van der Waals surface area contributed by atoms with Gasteiger partial charge in [0.2, 0.25) is 0 Å². The van der Waals surface area contributed by atoms with Gasteiger partial charge in [-0.05, 0) is 31.4 Å². The molecule has 2 aliphatic rings. The van der Waals surface area contributed by atoms with Crippen molar-refractivity contribution in [3.8, 4) is 0 Å². The summed E-state index contributed by atoms with van der Waals surface area (Å²) in [6.45, 7) is 0.435. The Hall–Kier alpha value is 0.310. The Bertz CT molecular complexity index is 131. The van der Waals surface area contributed by atoms with Gasteiger partial charge in [-0.25, -0.2) is 0 Å². The van der Waals surface area contributed by atoms with Crippen LogP contribution in [0.5, 0.6) is 0 Å². The van der Waals surface area contributed by atoms with E-state index < -0.39 is 0 Å². The monoisotopic (exact) mass is 172 g/mol. The molecule has 0 aromatic rings. The molecule has 0 radical (unpaired) electrons. The van der Waals surface area contributed by atoms with Crippen LogP contribution in [-0.2, 0) is 0 Å². The van der Waals surface area contributed by atoms with Crippen LogP contribution in [0.2, 0.25) is 0 Å². The molecular formula is C9H16OS. The van der Waals surface area contributed by atoms with E-state index >= 15 is 0 Å². The third-order valence-corrected chi connectivity index (χ3v) is 4.94. The minimum absolute atomic E-state index is 0.362. The van der Waals surface area contributed by atoms with Crippen molar-refractivity contribution in [1.82, 2.24) is 0 Å². The summed E-state index contributed by atoms with van der Waals surface area (Å²) in [4.78, 5) is 0. The fourth-order valence-corrected chi connectivity index (χ4v) is 3.89. The summed E-state index contributed by atoms with van der Waals surface area (Å²) in [6.07, 6.45) is 6.63. The second-order valence-corrected chi connectivity index (χ2v) is 5.19. The lowest BCUT2D eigenvalue weighted by molar-refractivity contribution is 0.0419. The predicted octanol–water partition coefficient (Wildman–Crippen LogP) is 2.04. The zero-order valence-electron chi connectivity index (χ0n) is 6.88. The summed E-state index contributed by atoms with van der Waals surface area (Å²) < 4.78 is 0. The van der Waals surface area contributed by atoms with E-state index in [1.807, 2.05) is 0 Å². The first-order valence-corrected chi connectivity index (χ1v) is 5.65. The van der Waals surface area contributed by atoms with Crippen molar-refractivity contribution in [2.45, 2.75) is 37.4 Å². The Morgan fingerprint density at radius 1 is 1.36 bits per heavy atom. The third-order valence-electron chi connectivity index (χ3n) is 3.28. The SMILES string of the molecule is OCC1(C2CCCS2)CCC1. The molecular weight excluding hydrogens is 156 g/mol. The lowest BCUT2D eigenvalue weighted by Crippen LogP contribution is -2.41. The number of rotatable bonds is 2. The van der Waals surface area contributed by atoms with E-state index in [1.165, 1.54) is 37.9 Å². The van der Waals surface area contributed by atoms with Crippen LogP contribution >= 0.6 is 11.8 Å². The second kappa shape index (κ2) is 2.98. The van der Waals surface area contributed by atoms with Crippen LogP contribution in [0, 0.1) is 5.41 Å². The Labute approximate surface area is 72.6 Å². The van der Waals surface area contributed by atoms with Crippen LogP contribution in [0.3, 0.4) is 0 Å². The van der Waals surface area contributed by atoms with Crippen molar-refractivity contribution in [3.05, 3.63) is 0 Å². The van der Waals surface area contributed by atoms with Crippen molar-refractivity contribution in [2.75, 3.05) is 12.4 Å². The molecule has 0 amide bonds. The molecule has 1 nitrogen and oxygen atoms in total. The number of aliphatic hydroxyl groups is 1. The van der Waals surface area contributed by atoms with Gasteiger partial charge in [0, 0.05) is 17.3 Å². The Morgan fingerprint density at radius 2 is 2.18 bits per heavy atom. The Balaban J connectivity index is 1.99. The van der Waals surface area contributed by atoms with Crippen LogP contribution in [0.1, 0.15) is 32.1 Å². The van der Waals surface area contributed by atoms with E-state index in [0.717, 1.165) is 5.25 Å². The maximum atomic E-state index is 9.28. The largest absolute Gasteiger partial charge is 0.396 e. The highest BCUT2D eigenvalue weighted by molar-refractivity contribution is 8.00. The summed E-state index contributed by atoms with van der Waals surface area (Å²) >= 11 is 2.09. The third kappa shape index (κ3) is 1.20. The average Bonchev–Trinajstić information content (AvgIpc) is 2.39. The quantitative estimate of drug-likeness (QED) is 0.688. The van der Waals surface area contributed by atoms with E-state index in [9.17, 15) is 5.11 Å². The van der Waals surface area contributed by atoms with Gasteiger partial charge in [0.25, 0.3) is 0 Å². The molecule has 1 atom stereocenters. The molecule has 0 spiro atoms. The average molecular weight is 172 g/mol. The summed E-state index contributed by atoms with van der Waals surface area (Å²) in [5.74, 6) is 1.33. The van der Waals surface area contributed by atoms with Gasteiger partial charge in [-0.3, -0.25) is 0 Å². The number of thioether (sulfide) groups is 1. The minimum Gasteiger partial charge on any atom is -0.396 e. The van der Waals surface area contributed by atoms with Gasteiger partial charge in [0.15, 0.2) is 0 Å². The molecule has 1 N–H and O–H groups in total. The van der Waals surface area contributed by atoms with Crippen molar-refractivity contribution in [3.63, 3.8) is 0 Å². The normalized spacial score (nSPS) is 35.2. The van der Waals surface area contributed by atoms with E-state index in [2.05, 4.69) is 11.8 Å². The molecule has 0 aromatic carbocycles. The van der Waals surface area contributed by atoms with E-state index in [0.29, 0.717) is 12.0 Å². The lowest BCUT2D eigenvalue weighted by Gasteiger charge is -2.44. The molecule has 64 valence electrons. The summed E-state index contributed by atoms with van der Waals surface area (Å²) in [5, 5.41) is 10.1. The molecule has 1 unspecified atom stereocenters. The number of hydrogen-bond donors (Lipinski definition) is 1. The highest BCUT2D eigenvalue weighted by Crippen LogP contribution is 2.51. The van der Waals surface area contributed by atoms with E-state index in [-0.39, 0.29) is 0 Å². The van der Waals surface area contributed by atoms with Gasteiger partial charge in [0.05, 0.1) is 0 Å². The van der Waals surface area contributed by atoms with Crippen molar-refractivity contribution < 1.29 is 5.11 Å². The first kappa shape index (κ1) is 7.93. The molecule has 2 rings (SSSR count). The van der Waals surface area contributed by atoms with Crippen molar-refractivity contribution in [1.29, 1.82) is 0 Å². The standard InChI is InChI=1S/C9H16OS/c10-7-9(4-2-5-9)8-3-1-6-11-8/h8,10H,1-7H2. The highest BCUT2D eigenvalue weighted by atomic mass is 32.2. The molecule has 1 heterocycles. The minimum atomic E-state index is 0.362. The zero-order valence-corrected chi connectivity index (χ0v) is 7.70. The van der Waals surface area contributed by atoms with Crippen molar-refractivity contribution in [2.24, 2.45) is 5.41 Å². The molecule has 1 aliphatic heterocycles. The van der Waals surface area contributed by atoms with Crippen LogP contribution in [0.25, 0.3) is 0 Å². The van der Waals surface area contributed by atoms with Gasteiger partial charge >= 0.3 is 0 Å². The van der Waals surface area contributed by atoms with Gasteiger partial charge in [0.1, 0.15) is 0 Å². The molecule has 0 aromatic heterocycles. The van der Waals surface area contributed by atoms with Gasteiger partial charge < -0.3 is 5.11 Å². The molecule has 2 fully saturated rings. The maximum absolute atomic E-state index is 9.28. The predicted molar refractivity (Wildman–Crippen MR) is 48.8 cm³/mol. The molecule has 11 heavy (non-hydrogen) atoms. The maximum Gasteiger partial charge on any atom is 0.0498 e. The van der Waals surface area contributed by atoms with Crippen LogP contribution in [-0.4, -0.2) is 22.7 Å². The Morgan fingerprint density at radius 3 is 2.55 bits per heavy atom. The lowest BCUT2D eigenvalue weighted by atomic mass is 9.66. The van der Waals surface area contributed by atoms with Crippen LogP contribution < -0.4 is 0 Å². The molecule has 1 saturated carbocycles. The molecule has 1 aliphatic carbocycles. The summed E-state index contributed by atoms with van der Waals surface area (Å²) in [7, 11) is 0. The fourth-order valence-electron chi connectivity index (χ4n) is 2.27.